The zero-order valence-electron chi connectivity index (χ0n) is 10.7. The lowest BCUT2D eigenvalue weighted by Crippen LogP contribution is -2.16. The van der Waals surface area contributed by atoms with Crippen LogP contribution in [0.2, 0.25) is 0 Å². The van der Waals surface area contributed by atoms with E-state index in [0.29, 0.717) is 5.88 Å². The summed E-state index contributed by atoms with van der Waals surface area (Å²) in [5, 5.41) is 0. The molecule has 0 N–H and O–H groups in total. The molecule has 0 atom stereocenters. The number of aromatic nitrogens is 1. The first-order chi connectivity index (χ1) is 8.70. The van der Waals surface area contributed by atoms with Crippen molar-refractivity contribution in [3.63, 3.8) is 0 Å². The molecule has 0 spiro atoms. The van der Waals surface area contributed by atoms with E-state index < -0.39 is 0 Å². The Balaban J connectivity index is 2.14. The highest BCUT2D eigenvalue weighted by Gasteiger charge is 2.04. The summed E-state index contributed by atoms with van der Waals surface area (Å²) in [6, 6.07) is 10.5. The molecule has 0 radical (unpaired) electrons. The fourth-order valence-corrected chi connectivity index (χ4v) is 2.22. The van der Waals surface area contributed by atoms with Crippen LogP contribution in [0.25, 0.3) is 0 Å². The predicted molar refractivity (Wildman–Crippen MR) is 77.1 cm³/mol. The Morgan fingerprint density at radius 1 is 1.17 bits per heavy atom. The third-order valence-electron chi connectivity index (χ3n) is 3.08. The van der Waals surface area contributed by atoms with Crippen molar-refractivity contribution in [1.29, 1.82) is 0 Å². The van der Waals surface area contributed by atoms with Crippen LogP contribution < -0.4 is 4.90 Å². The molecule has 3 heteroatoms. The molecule has 0 aliphatic rings. The summed E-state index contributed by atoms with van der Waals surface area (Å²) in [4.78, 5) is 6.25. The smallest absolute Gasteiger partial charge is 0.0476 e. The van der Waals surface area contributed by atoms with Crippen molar-refractivity contribution < 1.29 is 0 Å². The van der Waals surface area contributed by atoms with Gasteiger partial charge in [0.05, 0.1) is 0 Å². The second-order valence-electron chi connectivity index (χ2n) is 4.46. The van der Waals surface area contributed by atoms with Crippen LogP contribution in [0.4, 0.5) is 5.69 Å². The van der Waals surface area contributed by atoms with Crippen LogP contribution in [-0.2, 0) is 12.4 Å². The van der Waals surface area contributed by atoms with Crippen LogP contribution in [0.5, 0.6) is 0 Å². The fraction of sp³-hybridized carbons (Fsp3) is 0.267. The molecule has 0 saturated heterocycles. The zero-order chi connectivity index (χ0) is 13.0. The number of nitrogens with zero attached hydrogens (tertiary/aromatic N) is 2. The predicted octanol–water partition coefficient (Wildman–Crippen LogP) is 3.77. The van der Waals surface area contributed by atoms with Gasteiger partial charge in [-0.25, -0.2) is 0 Å². The van der Waals surface area contributed by atoms with Crippen molar-refractivity contribution in [2.75, 3.05) is 11.9 Å². The van der Waals surface area contributed by atoms with Gasteiger partial charge in [-0.2, -0.15) is 0 Å². The summed E-state index contributed by atoms with van der Waals surface area (Å²) < 4.78 is 0. The summed E-state index contributed by atoms with van der Waals surface area (Å²) in [6.07, 6.45) is 3.65. The molecule has 0 aliphatic heterocycles. The largest absolute Gasteiger partial charge is 0.370 e. The quantitative estimate of drug-likeness (QED) is 0.778. The minimum atomic E-state index is 0.570. The van der Waals surface area contributed by atoms with Gasteiger partial charge in [0.1, 0.15) is 0 Å². The van der Waals surface area contributed by atoms with Gasteiger partial charge in [-0.15, -0.1) is 11.6 Å². The minimum Gasteiger partial charge on any atom is -0.370 e. The summed E-state index contributed by atoms with van der Waals surface area (Å²) in [7, 11) is 2.09. The molecule has 2 aromatic rings. The van der Waals surface area contributed by atoms with Crippen LogP contribution in [-0.4, -0.2) is 12.0 Å². The number of hydrogen-bond donors (Lipinski definition) is 0. The van der Waals surface area contributed by atoms with E-state index in [2.05, 4.69) is 42.1 Å². The van der Waals surface area contributed by atoms with Crippen LogP contribution >= 0.6 is 11.6 Å². The number of alkyl halides is 1. The van der Waals surface area contributed by atoms with E-state index in [4.69, 9.17) is 11.6 Å². The molecular weight excluding hydrogens is 244 g/mol. The number of benzene rings is 1. The Hall–Kier alpha value is -1.54. The fourth-order valence-electron chi connectivity index (χ4n) is 1.92. The van der Waals surface area contributed by atoms with Crippen molar-refractivity contribution in [3.05, 3.63) is 59.4 Å². The Bertz CT molecular complexity index is 511. The van der Waals surface area contributed by atoms with E-state index >= 15 is 0 Å². The first-order valence-corrected chi connectivity index (χ1v) is 6.49. The van der Waals surface area contributed by atoms with Gasteiger partial charge in [0, 0.05) is 37.6 Å². The maximum Gasteiger partial charge on any atom is 0.0476 e. The summed E-state index contributed by atoms with van der Waals surface area (Å²) in [6.45, 7) is 2.98. The lowest BCUT2D eigenvalue weighted by atomic mass is 10.1. The lowest BCUT2D eigenvalue weighted by Gasteiger charge is -2.20. The highest BCUT2D eigenvalue weighted by Crippen LogP contribution is 2.20. The van der Waals surface area contributed by atoms with Gasteiger partial charge < -0.3 is 4.90 Å². The van der Waals surface area contributed by atoms with Crippen LogP contribution in [0.15, 0.2) is 42.7 Å². The van der Waals surface area contributed by atoms with E-state index in [0.717, 1.165) is 6.54 Å². The highest BCUT2D eigenvalue weighted by molar-refractivity contribution is 6.17. The van der Waals surface area contributed by atoms with E-state index in [1.165, 1.54) is 22.4 Å². The standard InChI is InChI=1S/C15H17ClN2/c1-12-9-15(4-3-14(12)10-16)18(2)11-13-5-7-17-8-6-13/h3-9H,10-11H2,1-2H3. The summed E-state index contributed by atoms with van der Waals surface area (Å²) in [5.41, 5.74) is 4.89. The highest BCUT2D eigenvalue weighted by atomic mass is 35.5. The van der Waals surface area contributed by atoms with Gasteiger partial charge in [0.25, 0.3) is 0 Å². The average molecular weight is 261 g/mol. The molecule has 0 unspecified atom stereocenters. The van der Waals surface area contributed by atoms with Gasteiger partial charge in [0.2, 0.25) is 0 Å². The maximum absolute atomic E-state index is 5.87. The Kier molecular flexibility index (Phi) is 4.21. The molecule has 0 aliphatic carbocycles. The molecular formula is C15H17ClN2. The molecule has 2 nitrogen and oxygen atoms in total. The molecule has 1 aromatic carbocycles. The zero-order valence-corrected chi connectivity index (χ0v) is 11.5. The Morgan fingerprint density at radius 3 is 2.50 bits per heavy atom. The number of aryl methyl sites for hydroxylation is 1. The number of pyridine rings is 1. The molecule has 2 rings (SSSR count). The Morgan fingerprint density at radius 2 is 1.89 bits per heavy atom. The molecule has 0 amide bonds. The first kappa shape index (κ1) is 12.9. The average Bonchev–Trinajstić information content (AvgIpc) is 2.39. The van der Waals surface area contributed by atoms with Crippen molar-refractivity contribution in [2.24, 2.45) is 0 Å². The van der Waals surface area contributed by atoms with Crippen LogP contribution in [0, 0.1) is 6.92 Å². The lowest BCUT2D eigenvalue weighted by molar-refractivity contribution is 0.918. The number of rotatable bonds is 4. The second-order valence-corrected chi connectivity index (χ2v) is 4.72. The molecule has 1 aromatic heterocycles. The third kappa shape index (κ3) is 3.02. The van der Waals surface area contributed by atoms with Crippen molar-refractivity contribution in [2.45, 2.75) is 19.3 Å². The van der Waals surface area contributed by atoms with Gasteiger partial charge in [-0.1, -0.05) is 6.07 Å². The van der Waals surface area contributed by atoms with E-state index in [9.17, 15) is 0 Å². The molecule has 0 bridgehead atoms. The summed E-state index contributed by atoms with van der Waals surface area (Å²) >= 11 is 5.87. The van der Waals surface area contributed by atoms with Crippen molar-refractivity contribution in [1.82, 2.24) is 4.98 Å². The minimum absolute atomic E-state index is 0.570. The van der Waals surface area contributed by atoms with Crippen LogP contribution in [0.1, 0.15) is 16.7 Å². The number of hydrogen-bond acceptors (Lipinski definition) is 2. The molecule has 0 fully saturated rings. The Labute approximate surface area is 113 Å². The molecule has 0 saturated carbocycles. The van der Waals surface area contributed by atoms with Crippen LogP contribution in [0.3, 0.4) is 0 Å². The van der Waals surface area contributed by atoms with Crippen molar-refractivity contribution in [3.8, 4) is 0 Å². The summed E-state index contributed by atoms with van der Waals surface area (Å²) in [5.74, 6) is 0.570. The maximum atomic E-state index is 5.87. The molecule has 94 valence electrons. The number of anilines is 1. The van der Waals surface area contributed by atoms with E-state index in [1.54, 1.807) is 0 Å². The number of halogens is 1. The van der Waals surface area contributed by atoms with E-state index in [-0.39, 0.29) is 0 Å². The topological polar surface area (TPSA) is 16.1 Å². The normalized spacial score (nSPS) is 10.4. The van der Waals surface area contributed by atoms with Gasteiger partial charge in [-0.05, 0) is 47.9 Å². The van der Waals surface area contributed by atoms with Crippen molar-refractivity contribution >= 4 is 17.3 Å². The monoisotopic (exact) mass is 260 g/mol. The van der Waals surface area contributed by atoms with Gasteiger partial charge >= 0.3 is 0 Å². The van der Waals surface area contributed by atoms with Gasteiger partial charge in [-0.3, -0.25) is 4.98 Å². The molecule has 18 heavy (non-hydrogen) atoms. The van der Waals surface area contributed by atoms with E-state index in [1.807, 2.05) is 24.5 Å². The molecule has 1 heterocycles. The third-order valence-corrected chi connectivity index (χ3v) is 3.37. The SMILES string of the molecule is Cc1cc(N(C)Cc2ccncc2)ccc1CCl. The first-order valence-electron chi connectivity index (χ1n) is 5.96. The second kappa shape index (κ2) is 5.87. The van der Waals surface area contributed by atoms with Gasteiger partial charge in [0.15, 0.2) is 0 Å².